The SMILES string of the molecule is CCc1cc(NC2CCN(CC(=O)NC)CC2)nc(-c2ccncc2)n1. The van der Waals surface area contributed by atoms with Crippen molar-refractivity contribution in [3.63, 3.8) is 0 Å². The number of piperidine rings is 1. The summed E-state index contributed by atoms with van der Waals surface area (Å²) in [7, 11) is 1.68. The molecule has 138 valence electrons. The molecule has 1 fully saturated rings. The number of carbonyl (C=O) groups is 1. The van der Waals surface area contributed by atoms with Crippen molar-refractivity contribution in [2.24, 2.45) is 0 Å². The highest BCUT2D eigenvalue weighted by atomic mass is 16.1. The summed E-state index contributed by atoms with van der Waals surface area (Å²) in [6, 6.07) is 6.24. The van der Waals surface area contributed by atoms with Gasteiger partial charge in [-0.1, -0.05) is 6.92 Å². The van der Waals surface area contributed by atoms with Crippen LogP contribution in [0.25, 0.3) is 11.4 Å². The minimum absolute atomic E-state index is 0.0711. The van der Waals surface area contributed by atoms with E-state index < -0.39 is 0 Å². The molecule has 2 N–H and O–H groups in total. The molecule has 7 heteroatoms. The molecule has 0 atom stereocenters. The molecule has 2 aromatic rings. The van der Waals surface area contributed by atoms with Gasteiger partial charge in [0.05, 0.1) is 6.54 Å². The van der Waals surface area contributed by atoms with Gasteiger partial charge in [0.15, 0.2) is 5.82 Å². The highest BCUT2D eigenvalue weighted by Crippen LogP contribution is 2.20. The van der Waals surface area contributed by atoms with E-state index in [1.54, 1.807) is 19.4 Å². The predicted octanol–water partition coefficient (Wildman–Crippen LogP) is 1.72. The second-order valence-corrected chi connectivity index (χ2v) is 6.53. The van der Waals surface area contributed by atoms with Crippen molar-refractivity contribution in [1.29, 1.82) is 0 Å². The Morgan fingerprint density at radius 3 is 2.62 bits per heavy atom. The molecule has 0 aromatic carbocycles. The van der Waals surface area contributed by atoms with Crippen LogP contribution < -0.4 is 10.6 Å². The maximum atomic E-state index is 11.5. The fourth-order valence-electron chi connectivity index (χ4n) is 3.11. The standard InChI is InChI=1S/C19H26N6O/c1-3-15-12-17(24-19(23-15)14-4-8-21-9-5-14)22-16-6-10-25(11-7-16)13-18(26)20-2/h4-5,8-9,12,16H,3,6-7,10-11,13H2,1-2H3,(H,20,26)(H,22,23,24). The number of aryl methyl sites for hydroxylation is 1. The number of carbonyl (C=O) groups excluding carboxylic acids is 1. The Kier molecular flexibility index (Phi) is 6.12. The first-order valence-corrected chi connectivity index (χ1v) is 9.15. The van der Waals surface area contributed by atoms with Crippen LogP contribution in [0.1, 0.15) is 25.5 Å². The van der Waals surface area contributed by atoms with Crippen LogP contribution in [-0.2, 0) is 11.2 Å². The average Bonchev–Trinajstić information content (AvgIpc) is 2.69. The van der Waals surface area contributed by atoms with Crippen LogP contribution >= 0.6 is 0 Å². The quantitative estimate of drug-likeness (QED) is 0.822. The van der Waals surface area contributed by atoms with Gasteiger partial charge in [0.25, 0.3) is 0 Å². The summed E-state index contributed by atoms with van der Waals surface area (Å²) in [4.78, 5) is 27.1. The molecule has 0 spiro atoms. The number of likely N-dealkylation sites (N-methyl/N-ethyl adjacent to an activating group) is 1. The van der Waals surface area contributed by atoms with Crippen LogP contribution in [0.15, 0.2) is 30.6 Å². The third-order valence-corrected chi connectivity index (χ3v) is 4.67. The van der Waals surface area contributed by atoms with Crippen LogP contribution in [0.5, 0.6) is 0 Å². The zero-order valence-electron chi connectivity index (χ0n) is 15.4. The molecule has 3 rings (SSSR count). The molecule has 0 saturated carbocycles. The lowest BCUT2D eigenvalue weighted by Crippen LogP contribution is -2.43. The number of rotatable bonds is 6. The Balaban J connectivity index is 1.66. The number of amides is 1. The Hall–Kier alpha value is -2.54. The summed E-state index contributed by atoms with van der Waals surface area (Å²) in [6.45, 7) is 4.39. The van der Waals surface area contributed by atoms with Gasteiger partial charge in [-0.3, -0.25) is 14.7 Å². The van der Waals surface area contributed by atoms with E-state index in [1.807, 2.05) is 18.2 Å². The fourth-order valence-corrected chi connectivity index (χ4v) is 3.11. The molecule has 3 heterocycles. The lowest BCUT2D eigenvalue weighted by Gasteiger charge is -2.32. The van der Waals surface area contributed by atoms with Crippen molar-refractivity contribution < 1.29 is 4.79 Å². The molecule has 26 heavy (non-hydrogen) atoms. The lowest BCUT2D eigenvalue weighted by molar-refractivity contribution is -0.122. The van der Waals surface area contributed by atoms with Crippen molar-refractivity contribution in [3.05, 3.63) is 36.3 Å². The van der Waals surface area contributed by atoms with Crippen molar-refractivity contribution in [1.82, 2.24) is 25.2 Å². The molecule has 0 unspecified atom stereocenters. The first-order chi connectivity index (χ1) is 12.7. The number of anilines is 1. The first-order valence-electron chi connectivity index (χ1n) is 9.15. The van der Waals surface area contributed by atoms with E-state index in [9.17, 15) is 4.79 Å². The van der Waals surface area contributed by atoms with Crippen LogP contribution in [0, 0.1) is 0 Å². The van der Waals surface area contributed by atoms with Crippen molar-refractivity contribution in [2.75, 3.05) is 32.0 Å². The Bertz CT molecular complexity index is 728. The van der Waals surface area contributed by atoms with Crippen molar-refractivity contribution in [3.8, 4) is 11.4 Å². The van der Waals surface area contributed by atoms with Crippen molar-refractivity contribution >= 4 is 11.7 Å². The monoisotopic (exact) mass is 354 g/mol. The number of nitrogens with zero attached hydrogens (tertiary/aromatic N) is 4. The molecule has 1 amide bonds. The summed E-state index contributed by atoms with van der Waals surface area (Å²) < 4.78 is 0. The lowest BCUT2D eigenvalue weighted by atomic mass is 10.0. The number of pyridine rings is 1. The van der Waals surface area contributed by atoms with Crippen LogP contribution in [-0.4, -0.2) is 58.5 Å². The second kappa shape index (κ2) is 8.71. The van der Waals surface area contributed by atoms with E-state index in [0.717, 1.165) is 55.3 Å². The number of aromatic nitrogens is 3. The van der Waals surface area contributed by atoms with E-state index in [0.29, 0.717) is 12.6 Å². The van der Waals surface area contributed by atoms with Gasteiger partial charge in [-0.15, -0.1) is 0 Å². The predicted molar refractivity (Wildman–Crippen MR) is 102 cm³/mol. The highest BCUT2D eigenvalue weighted by Gasteiger charge is 2.21. The van der Waals surface area contributed by atoms with Gasteiger partial charge in [0.2, 0.25) is 5.91 Å². The zero-order chi connectivity index (χ0) is 18.4. The van der Waals surface area contributed by atoms with Crippen LogP contribution in [0.2, 0.25) is 0 Å². The van der Waals surface area contributed by atoms with Gasteiger partial charge in [0, 0.05) is 55.9 Å². The molecule has 0 bridgehead atoms. The topological polar surface area (TPSA) is 83.0 Å². The maximum Gasteiger partial charge on any atom is 0.233 e. The van der Waals surface area contributed by atoms with Crippen LogP contribution in [0.4, 0.5) is 5.82 Å². The molecule has 0 radical (unpaired) electrons. The number of nitrogens with one attached hydrogen (secondary N) is 2. The number of hydrogen-bond donors (Lipinski definition) is 2. The summed E-state index contributed by atoms with van der Waals surface area (Å²) in [5.41, 5.74) is 1.99. The second-order valence-electron chi connectivity index (χ2n) is 6.53. The third-order valence-electron chi connectivity index (χ3n) is 4.67. The Morgan fingerprint density at radius 1 is 1.23 bits per heavy atom. The number of likely N-dealkylation sites (tertiary alicyclic amines) is 1. The van der Waals surface area contributed by atoms with Gasteiger partial charge in [-0.25, -0.2) is 9.97 Å². The first kappa shape index (κ1) is 18.3. The molecular weight excluding hydrogens is 328 g/mol. The molecule has 2 aromatic heterocycles. The highest BCUT2D eigenvalue weighted by molar-refractivity contribution is 5.77. The molecular formula is C19H26N6O. The van der Waals surface area contributed by atoms with Crippen molar-refractivity contribution in [2.45, 2.75) is 32.2 Å². The maximum absolute atomic E-state index is 11.5. The summed E-state index contributed by atoms with van der Waals surface area (Å²) >= 11 is 0. The normalized spacial score (nSPS) is 15.6. The molecule has 1 aliphatic heterocycles. The minimum Gasteiger partial charge on any atom is -0.367 e. The summed E-state index contributed by atoms with van der Waals surface area (Å²) in [5, 5.41) is 6.24. The van der Waals surface area contributed by atoms with Gasteiger partial charge < -0.3 is 10.6 Å². The number of hydrogen-bond acceptors (Lipinski definition) is 6. The van der Waals surface area contributed by atoms with E-state index in [1.165, 1.54) is 0 Å². The molecule has 7 nitrogen and oxygen atoms in total. The minimum atomic E-state index is 0.0711. The Labute approximate surface area is 154 Å². The van der Waals surface area contributed by atoms with Gasteiger partial charge >= 0.3 is 0 Å². The fraction of sp³-hybridized carbons (Fsp3) is 0.474. The largest absolute Gasteiger partial charge is 0.367 e. The van der Waals surface area contributed by atoms with Gasteiger partial charge in [0.1, 0.15) is 5.82 Å². The van der Waals surface area contributed by atoms with Gasteiger partial charge in [-0.2, -0.15) is 0 Å². The summed E-state index contributed by atoms with van der Waals surface area (Å²) in [5.74, 6) is 1.67. The van der Waals surface area contributed by atoms with E-state index in [4.69, 9.17) is 4.98 Å². The summed E-state index contributed by atoms with van der Waals surface area (Å²) in [6.07, 6.45) is 6.36. The molecule has 0 aliphatic carbocycles. The smallest absolute Gasteiger partial charge is 0.233 e. The van der Waals surface area contributed by atoms with E-state index in [-0.39, 0.29) is 5.91 Å². The average molecular weight is 354 g/mol. The van der Waals surface area contributed by atoms with E-state index >= 15 is 0 Å². The molecule has 1 saturated heterocycles. The molecule has 1 aliphatic rings. The van der Waals surface area contributed by atoms with Crippen LogP contribution in [0.3, 0.4) is 0 Å². The van der Waals surface area contributed by atoms with E-state index in [2.05, 4.69) is 32.4 Å². The van der Waals surface area contributed by atoms with Gasteiger partial charge in [-0.05, 0) is 31.4 Å². The Morgan fingerprint density at radius 2 is 1.96 bits per heavy atom. The third kappa shape index (κ3) is 4.76. The zero-order valence-corrected chi connectivity index (χ0v) is 15.4.